The van der Waals surface area contributed by atoms with Gasteiger partial charge in [-0.2, -0.15) is 0 Å². The summed E-state index contributed by atoms with van der Waals surface area (Å²) < 4.78 is 10.8. The van der Waals surface area contributed by atoms with Crippen LogP contribution < -0.4 is 10.1 Å². The van der Waals surface area contributed by atoms with Crippen molar-refractivity contribution >= 4 is 23.4 Å². The third-order valence-electron chi connectivity index (χ3n) is 4.35. The Hall–Kier alpha value is -3.58. The standard InChI is InChI=1S/C23H19N3O3S/c1-28-20-13-11-19(12-14-20)24-21(27)17-9-7-16(8-10-17)15-30-23-26-25-22(29-23)18-5-3-2-4-6-18/h2-14H,15H2,1H3,(H,24,27). The highest BCUT2D eigenvalue weighted by molar-refractivity contribution is 7.98. The van der Waals surface area contributed by atoms with E-state index < -0.39 is 0 Å². The number of hydrogen-bond acceptors (Lipinski definition) is 6. The second kappa shape index (κ2) is 9.28. The number of methoxy groups -OCH3 is 1. The molecule has 0 unspecified atom stereocenters. The Morgan fingerprint density at radius 3 is 2.40 bits per heavy atom. The van der Waals surface area contributed by atoms with Gasteiger partial charge in [-0.3, -0.25) is 4.79 Å². The molecule has 0 fully saturated rings. The van der Waals surface area contributed by atoms with Crippen molar-refractivity contribution in [1.82, 2.24) is 10.2 Å². The molecule has 1 aromatic heterocycles. The Labute approximate surface area is 178 Å². The maximum Gasteiger partial charge on any atom is 0.277 e. The van der Waals surface area contributed by atoms with Gasteiger partial charge in [0.15, 0.2) is 0 Å². The van der Waals surface area contributed by atoms with E-state index in [9.17, 15) is 4.79 Å². The van der Waals surface area contributed by atoms with E-state index in [0.717, 1.165) is 16.9 Å². The van der Waals surface area contributed by atoms with Crippen LogP contribution in [-0.2, 0) is 5.75 Å². The lowest BCUT2D eigenvalue weighted by Gasteiger charge is -2.07. The minimum Gasteiger partial charge on any atom is -0.497 e. The Kier molecular flexibility index (Phi) is 6.10. The van der Waals surface area contributed by atoms with Crippen molar-refractivity contribution in [2.45, 2.75) is 11.0 Å². The summed E-state index contributed by atoms with van der Waals surface area (Å²) in [6, 6.07) is 24.3. The summed E-state index contributed by atoms with van der Waals surface area (Å²) in [5.41, 5.74) is 3.25. The van der Waals surface area contributed by atoms with Crippen LogP contribution in [0.5, 0.6) is 5.75 Å². The average Bonchev–Trinajstić information content (AvgIpc) is 3.28. The zero-order chi connectivity index (χ0) is 20.8. The molecular weight excluding hydrogens is 398 g/mol. The summed E-state index contributed by atoms with van der Waals surface area (Å²) in [6.07, 6.45) is 0. The molecular formula is C23H19N3O3S. The van der Waals surface area contributed by atoms with E-state index in [1.54, 1.807) is 43.5 Å². The van der Waals surface area contributed by atoms with E-state index in [1.807, 2.05) is 42.5 Å². The monoisotopic (exact) mass is 417 g/mol. The van der Waals surface area contributed by atoms with Crippen molar-refractivity contribution in [2.75, 3.05) is 12.4 Å². The summed E-state index contributed by atoms with van der Waals surface area (Å²) in [5, 5.41) is 11.6. The van der Waals surface area contributed by atoms with Gasteiger partial charge in [0.2, 0.25) is 5.89 Å². The minimum absolute atomic E-state index is 0.163. The molecule has 1 amide bonds. The molecule has 0 radical (unpaired) electrons. The highest BCUT2D eigenvalue weighted by Gasteiger charge is 2.10. The fourth-order valence-electron chi connectivity index (χ4n) is 2.74. The smallest absolute Gasteiger partial charge is 0.277 e. The molecule has 1 heterocycles. The Balaban J connectivity index is 1.33. The number of nitrogens with one attached hydrogen (secondary N) is 1. The molecule has 0 aliphatic heterocycles. The molecule has 1 N–H and O–H groups in total. The highest BCUT2D eigenvalue weighted by atomic mass is 32.2. The molecule has 0 saturated carbocycles. The van der Waals surface area contributed by atoms with Crippen LogP contribution in [0.2, 0.25) is 0 Å². The molecule has 30 heavy (non-hydrogen) atoms. The number of benzene rings is 3. The van der Waals surface area contributed by atoms with Crippen molar-refractivity contribution < 1.29 is 13.9 Å². The second-order valence-electron chi connectivity index (χ2n) is 6.41. The average molecular weight is 417 g/mol. The van der Waals surface area contributed by atoms with Crippen molar-refractivity contribution in [3.05, 3.63) is 90.0 Å². The zero-order valence-electron chi connectivity index (χ0n) is 16.2. The number of thioether (sulfide) groups is 1. The molecule has 4 aromatic rings. The molecule has 0 aliphatic rings. The molecule has 7 heteroatoms. The van der Waals surface area contributed by atoms with Crippen LogP contribution in [0.3, 0.4) is 0 Å². The highest BCUT2D eigenvalue weighted by Crippen LogP contribution is 2.25. The number of hydrogen-bond donors (Lipinski definition) is 1. The van der Waals surface area contributed by atoms with Crippen LogP contribution in [-0.4, -0.2) is 23.2 Å². The molecule has 150 valence electrons. The number of rotatable bonds is 7. The summed E-state index contributed by atoms with van der Waals surface area (Å²) >= 11 is 1.46. The van der Waals surface area contributed by atoms with Crippen molar-refractivity contribution in [1.29, 1.82) is 0 Å². The van der Waals surface area contributed by atoms with Crippen LogP contribution in [0.25, 0.3) is 11.5 Å². The second-order valence-corrected chi connectivity index (χ2v) is 7.33. The summed E-state index contributed by atoms with van der Waals surface area (Å²) in [4.78, 5) is 12.4. The Bertz CT molecular complexity index is 1110. The first-order chi connectivity index (χ1) is 14.7. The number of anilines is 1. The van der Waals surface area contributed by atoms with Gasteiger partial charge in [0.25, 0.3) is 11.1 Å². The third kappa shape index (κ3) is 4.87. The molecule has 6 nitrogen and oxygen atoms in total. The topological polar surface area (TPSA) is 77.2 Å². The van der Waals surface area contributed by atoms with E-state index in [2.05, 4.69) is 15.5 Å². The summed E-state index contributed by atoms with van der Waals surface area (Å²) in [6.45, 7) is 0. The Morgan fingerprint density at radius 2 is 1.70 bits per heavy atom. The van der Waals surface area contributed by atoms with Gasteiger partial charge in [0, 0.05) is 22.6 Å². The maximum atomic E-state index is 12.4. The van der Waals surface area contributed by atoms with E-state index >= 15 is 0 Å². The van der Waals surface area contributed by atoms with E-state index in [0.29, 0.717) is 28.1 Å². The number of carbonyl (C=O) groups is 1. The van der Waals surface area contributed by atoms with Gasteiger partial charge >= 0.3 is 0 Å². The van der Waals surface area contributed by atoms with Gasteiger partial charge in [0.1, 0.15) is 5.75 Å². The first-order valence-electron chi connectivity index (χ1n) is 9.27. The molecule has 0 aliphatic carbocycles. The molecule has 0 atom stereocenters. The third-order valence-corrected chi connectivity index (χ3v) is 5.24. The van der Waals surface area contributed by atoms with Crippen LogP contribution in [0.1, 0.15) is 15.9 Å². The molecule has 0 saturated heterocycles. The van der Waals surface area contributed by atoms with Gasteiger partial charge in [-0.1, -0.05) is 42.1 Å². The fourth-order valence-corrected chi connectivity index (χ4v) is 3.46. The molecule has 0 bridgehead atoms. The van der Waals surface area contributed by atoms with Crippen LogP contribution in [0.4, 0.5) is 5.69 Å². The van der Waals surface area contributed by atoms with E-state index in [4.69, 9.17) is 9.15 Å². The molecule has 4 rings (SSSR count). The first kappa shape index (κ1) is 19.7. The summed E-state index contributed by atoms with van der Waals surface area (Å²) in [5.74, 6) is 1.75. The molecule has 3 aromatic carbocycles. The minimum atomic E-state index is -0.163. The van der Waals surface area contributed by atoms with Crippen molar-refractivity contribution in [2.24, 2.45) is 0 Å². The number of carbonyl (C=O) groups excluding carboxylic acids is 1. The van der Waals surface area contributed by atoms with Crippen molar-refractivity contribution in [3.63, 3.8) is 0 Å². The SMILES string of the molecule is COc1ccc(NC(=O)c2ccc(CSc3nnc(-c4ccccc4)o3)cc2)cc1. The Morgan fingerprint density at radius 1 is 0.967 bits per heavy atom. The zero-order valence-corrected chi connectivity index (χ0v) is 17.1. The number of amides is 1. The van der Waals surface area contributed by atoms with Gasteiger partial charge in [-0.15, -0.1) is 10.2 Å². The van der Waals surface area contributed by atoms with Gasteiger partial charge in [-0.05, 0) is 54.1 Å². The predicted molar refractivity (Wildman–Crippen MR) is 117 cm³/mol. The summed E-state index contributed by atoms with van der Waals surface area (Å²) in [7, 11) is 1.61. The first-order valence-corrected chi connectivity index (χ1v) is 10.3. The van der Waals surface area contributed by atoms with Gasteiger partial charge in [-0.25, -0.2) is 0 Å². The lowest BCUT2D eigenvalue weighted by Crippen LogP contribution is -2.11. The predicted octanol–water partition coefficient (Wildman–Crippen LogP) is 5.29. The van der Waals surface area contributed by atoms with Gasteiger partial charge < -0.3 is 14.5 Å². The van der Waals surface area contributed by atoms with E-state index in [1.165, 1.54) is 11.8 Å². The van der Waals surface area contributed by atoms with Crippen molar-refractivity contribution in [3.8, 4) is 17.2 Å². The largest absolute Gasteiger partial charge is 0.497 e. The normalized spacial score (nSPS) is 10.6. The van der Waals surface area contributed by atoms with Crippen LogP contribution in [0, 0.1) is 0 Å². The lowest BCUT2D eigenvalue weighted by molar-refractivity contribution is 0.102. The lowest BCUT2D eigenvalue weighted by atomic mass is 10.1. The van der Waals surface area contributed by atoms with Crippen LogP contribution in [0.15, 0.2) is 88.5 Å². The number of ether oxygens (including phenoxy) is 1. The fraction of sp³-hybridized carbons (Fsp3) is 0.0870. The van der Waals surface area contributed by atoms with Crippen LogP contribution >= 0.6 is 11.8 Å². The quantitative estimate of drug-likeness (QED) is 0.412. The maximum absolute atomic E-state index is 12.4. The number of nitrogens with zero attached hydrogens (tertiary/aromatic N) is 2. The molecule has 0 spiro atoms. The van der Waals surface area contributed by atoms with Gasteiger partial charge in [0.05, 0.1) is 7.11 Å². The van der Waals surface area contributed by atoms with E-state index in [-0.39, 0.29) is 5.91 Å². The number of aromatic nitrogens is 2.